The first-order valence-electron chi connectivity index (χ1n) is 8.76. The fourth-order valence-electron chi connectivity index (χ4n) is 3.90. The number of Topliss-reactive ketones (excluding diaryl/α,β-unsaturated/α-hetero) is 1. The first kappa shape index (κ1) is 18.7. The Balaban J connectivity index is 2.10. The minimum absolute atomic E-state index is 0.0162. The summed E-state index contributed by atoms with van der Waals surface area (Å²) in [7, 11) is 0. The van der Waals surface area contributed by atoms with E-state index >= 15 is 0 Å². The number of hydrogen-bond donors (Lipinski definition) is 0. The Hall–Kier alpha value is -1.59. The highest BCUT2D eigenvalue weighted by Crippen LogP contribution is 2.42. The van der Waals surface area contributed by atoms with Gasteiger partial charge < -0.3 is 14.5 Å². The molecule has 2 aliphatic heterocycles. The topological polar surface area (TPSA) is 66.9 Å². The van der Waals surface area contributed by atoms with Gasteiger partial charge in [-0.3, -0.25) is 9.59 Å². The standard InChI is InChI=1S/C18H30N2O4/c1-12(2)14(13(3)21)20-10-8-18(15(20)22)7-9-19(11-18)16(23)24-17(4,5)6/h12,14H,7-11H2,1-6H3/t14-,18+/m0/s1. The van der Waals surface area contributed by atoms with E-state index in [-0.39, 0.29) is 29.7 Å². The maximum absolute atomic E-state index is 13.0. The van der Waals surface area contributed by atoms with Crippen LogP contribution in [0.3, 0.4) is 0 Å². The lowest BCUT2D eigenvalue weighted by atomic mass is 9.85. The second kappa shape index (κ2) is 6.37. The summed E-state index contributed by atoms with van der Waals surface area (Å²) >= 11 is 0. The van der Waals surface area contributed by atoms with E-state index in [0.29, 0.717) is 32.5 Å². The number of hydrogen-bond acceptors (Lipinski definition) is 4. The van der Waals surface area contributed by atoms with Gasteiger partial charge in [-0.1, -0.05) is 13.8 Å². The molecular formula is C18H30N2O4. The van der Waals surface area contributed by atoms with E-state index in [4.69, 9.17) is 4.74 Å². The number of rotatable bonds is 3. The van der Waals surface area contributed by atoms with Gasteiger partial charge in [0.15, 0.2) is 5.78 Å². The van der Waals surface area contributed by atoms with Crippen molar-refractivity contribution in [3.05, 3.63) is 0 Å². The van der Waals surface area contributed by atoms with Gasteiger partial charge in [0.2, 0.25) is 5.91 Å². The molecule has 2 heterocycles. The molecule has 2 aliphatic rings. The summed E-state index contributed by atoms with van der Waals surface area (Å²) in [4.78, 5) is 40.6. The second-order valence-electron chi connectivity index (χ2n) is 8.48. The SMILES string of the molecule is CC(=O)[C@H](C(C)C)N1CC[C@@]2(CCN(C(=O)OC(C)(C)C)C2)C1=O. The number of nitrogens with zero attached hydrogens (tertiary/aromatic N) is 2. The Bertz CT molecular complexity index is 538. The molecule has 0 unspecified atom stereocenters. The van der Waals surface area contributed by atoms with Crippen molar-refractivity contribution in [1.82, 2.24) is 9.80 Å². The third kappa shape index (κ3) is 3.57. The van der Waals surface area contributed by atoms with Gasteiger partial charge in [-0.15, -0.1) is 0 Å². The molecule has 2 atom stereocenters. The lowest BCUT2D eigenvalue weighted by molar-refractivity contribution is -0.142. The maximum Gasteiger partial charge on any atom is 0.410 e. The average Bonchev–Trinajstić information content (AvgIpc) is 2.97. The van der Waals surface area contributed by atoms with Crippen molar-refractivity contribution in [3.63, 3.8) is 0 Å². The molecule has 2 rings (SSSR count). The van der Waals surface area contributed by atoms with Crippen LogP contribution in [0.1, 0.15) is 54.4 Å². The molecule has 0 bridgehead atoms. The number of carbonyl (C=O) groups is 3. The maximum atomic E-state index is 13.0. The van der Waals surface area contributed by atoms with Gasteiger partial charge in [-0.05, 0) is 46.5 Å². The van der Waals surface area contributed by atoms with Crippen molar-refractivity contribution in [2.45, 2.75) is 66.0 Å². The lowest BCUT2D eigenvalue weighted by Crippen LogP contribution is -2.48. The number of ether oxygens (including phenoxy) is 1. The summed E-state index contributed by atoms with van der Waals surface area (Å²) in [6.07, 6.45) is 0.976. The monoisotopic (exact) mass is 338 g/mol. The van der Waals surface area contributed by atoms with E-state index in [0.717, 1.165) is 0 Å². The smallest absolute Gasteiger partial charge is 0.410 e. The van der Waals surface area contributed by atoms with Crippen molar-refractivity contribution < 1.29 is 19.1 Å². The van der Waals surface area contributed by atoms with E-state index in [1.165, 1.54) is 0 Å². The normalized spacial score (nSPS) is 25.7. The quantitative estimate of drug-likeness (QED) is 0.793. The first-order chi connectivity index (χ1) is 11.0. The Morgan fingerprint density at radius 3 is 2.25 bits per heavy atom. The van der Waals surface area contributed by atoms with Gasteiger partial charge in [0, 0.05) is 19.6 Å². The lowest BCUT2D eigenvalue weighted by Gasteiger charge is -2.31. The van der Waals surface area contributed by atoms with Crippen LogP contribution in [0.5, 0.6) is 0 Å². The van der Waals surface area contributed by atoms with Crippen molar-refractivity contribution in [2.75, 3.05) is 19.6 Å². The Morgan fingerprint density at radius 2 is 1.75 bits per heavy atom. The molecule has 2 saturated heterocycles. The molecule has 1 spiro atoms. The van der Waals surface area contributed by atoms with Gasteiger partial charge in [0.25, 0.3) is 0 Å². The zero-order valence-electron chi connectivity index (χ0n) is 15.7. The summed E-state index contributed by atoms with van der Waals surface area (Å²) in [6.45, 7) is 12.5. The van der Waals surface area contributed by atoms with E-state index in [9.17, 15) is 14.4 Å². The van der Waals surface area contributed by atoms with Gasteiger partial charge in [-0.25, -0.2) is 4.79 Å². The van der Waals surface area contributed by atoms with E-state index in [1.807, 2.05) is 34.6 Å². The molecule has 24 heavy (non-hydrogen) atoms. The van der Waals surface area contributed by atoms with E-state index < -0.39 is 11.0 Å². The van der Waals surface area contributed by atoms with Crippen LogP contribution < -0.4 is 0 Å². The zero-order chi connectivity index (χ0) is 18.3. The van der Waals surface area contributed by atoms with Gasteiger partial charge >= 0.3 is 6.09 Å². The van der Waals surface area contributed by atoms with Crippen molar-refractivity contribution in [1.29, 1.82) is 0 Å². The molecular weight excluding hydrogens is 308 g/mol. The molecule has 6 nitrogen and oxygen atoms in total. The number of likely N-dealkylation sites (tertiary alicyclic amines) is 2. The highest BCUT2D eigenvalue weighted by Gasteiger charge is 2.54. The van der Waals surface area contributed by atoms with Crippen LogP contribution in [0.4, 0.5) is 4.79 Å². The summed E-state index contributed by atoms with van der Waals surface area (Å²) in [5.41, 5.74) is -1.09. The summed E-state index contributed by atoms with van der Waals surface area (Å²) in [6, 6.07) is -0.368. The van der Waals surface area contributed by atoms with Crippen LogP contribution in [0, 0.1) is 11.3 Å². The molecule has 6 heteroatoms. The van der Waals surface area contributed by atoms with Crippen LogP contribution in [0.25, 0.3) is 0 Å². The van der Waals surface area contributed by atoms with Crippen molar-refractivity contribution in [3.8, 4) is 0 Å². The molecule has 0 aromatic heterocycles. The van der Waals surface area contributed by atoms with Gasteiger partial charge in [0.05, 0.1) is 11.5 Å². The second-order valence-corrected chi connectivity index (χ2v) is 8.48. The third-order valence-corrected chi connectivity index (χ3v) is 4.94. The van der Waals surface area contributed by atoms with Gasteiger partial charge in [-0.2, -0.15) is 0 Å². The van der Waals surface area contributed by atoms with Crippen LogP contribution in [0.15, 0.2) is 0 Å². The highest BCUT2D eigenvalue weighted by atomic mass is 16.6. The van der Waals surface area contributed by atoms with Crippen LogP contribution in [-0.2, 0) is 14.3 Å². The predicted octanol–water partition coefficient (Wildman–Crippen LogP) is 2.46. The van der Waals surface area contributed by atoms with Crippen LogP contribution >= 0.6 is 0 Å². The highest BCUT2D eigenvalue weighted by molar-refractivity contribution is 5.92. The Labute approximate surface area is 144 Å². The first-order valence-corrected chi connectivity index (χ1v) is 8.76. The molecule has 2 amide bonds. The molecule has 0 aromatic carbocycles. The van der Waals surface area contributed by atoms with Gasteiger partial charge in [0.1, 0.15) is 5.60 Å². The molecule has 0 aromatic rings. The number of ketones is 1. The summed E-state index contributed by atoms with van der Waals surface area (Å²) < 4.78 is 5.42. The summed E-state index contributed by atoms with van der Waals surface area (Å²) in [5.74, 6) is 0.129. The van der Waals surface area contributed by atoms with E-state index in [2.05, 4.69) is 0 Å². The van der Waals surface area contributed by atoms with E-state index in [1.54, 1.807) is 16.7 Å². The molecule has 2 fully saturated rings. The molecule has 0 saturated carbocycles. The number of amides is 2. The predicted molar refractivity (Wildman–Crippen MR) is 90.5 cm³/mol. The van der Waals surface area contributed by atoms with Crippen molar-refractivity contribution in [2.24, 2.45) is 11.3 Å². The minimum atomic E-state index is -0.546. The number of carbonyl (C=O) groups excluding carboxylic acids is 3. The summed E-state index contributed by atoms with van der Waals surface area (Å²) in [5, 5.41) is 0. The fraction of sp³-hybridized carbons (Fsp3) is 0.833. The molecule has 0 radical (unpaired) electrons. The average molecular weight is 338 g/mol. The fourth-order valence-corrected chi connectivity index (χ4v) is 3.90. The van der Waals surface area contributed by atoms with Crippen molar-refractivity contribution >= 4 is 17.8 Å². The molecule has 0 N–H and O–H groups in total. The Morgan fingerprint density at radius 1 is 1.17 bits per heavy atom. The van der Waals surface area contributed by atoms with Crippen LogP contribution in [-0.4, -0.2) is 58.9 Å². The third-order valence-electron chi connectivity index (χ3n) is 4.94. The zero-order valence-corrected chi connectivity index (χ0v) is 15.7. The molecule has 0 aliphatic carbocycles. The minimum Gasteiger partial charge on any atom is -0.444 e. The van der Waals surface area contributed by atoms with Crippen LogP contribution in [0.2, 0.25) is 0 Å². The largest absolute Gasteiger partial charge is 0.444 e. The Kier molecular flexibility index (Phi) is 4.98. The molecule has 136 valence electrons.